The van der Waals surface area contributed by atoms with Crippen molar-refractivity contribution in [2.24, 2.45) is 0 Å². The molecule has 1 aromatic rings. The first-order valence-corrected chi connectivity index (χ1v) is 7.59. The number of benzene rings is 1. The molecule has 1 heterocycles. The van der Waals surface area contributed by atoms with Crippen LogP contribution >= 0.6 is 0 Å². The van der Waals surface area contributed by atoms with Crippen LogP contribution in [-0.2, 0) is 11.3 Å². The summed E-state index contributed by atoms with van der Waals surface area (Å²) in [6, 6.07) is 5.32. The fraction of sp³-hybridized carbons (Fsp3) is 0.625. The van der Waals surface area contributed by atoms with Gasteiger partial charge in [0.25, 0.3) is 0 Å². The van der Waals surface area contributed by atoms with Crippen LogP contribution in [0.15, 0.2) is 18.2 Å². The first-order chi connectivity index (χ1) is 9.72. The quantitative estimate of drug-likeness (QED) is 0.867. The Hall–Kier alpha value is -1.13. The highest BCUT2D eigenvalue weighted by Crippen LogP contribution is 2.23. The number of nitrogens with zero attached hydrogens (tertiary/aromatic N) is 1. The molecule has 0 amide bonds. The Morgan fingerprint density at radius 1 is 1.35 bits per heavy atom. The molecule has 4 heteroatoms. The standard InChI is InChI=1S/C16H25FN2O/c1-3-18-11-13-8-14(17)10-15(9-13)19-7-5-6-16(12-19)20-4-2/h8-10,16,18H,3-7,11-12H2,1-2H3. The summed E-state index contributed by atoms with van der Waals surface area (Å²) in [5.74, 6) is -0.158. The van der Waals surface area contributed by atoms with Crippen molar-refractivity contribution in [1.82, 2.24) is 5.32 Å². The smallest absolute Gasteiger partial charge is 0.125 e. The number of ether oxygens (including phenoxy) is 1. The summed E-state index contributed by atoms with van der Waals surface area (Å²) in [6.07, 6.45) is 2.47. The summed E-state index contributed by atoms with van der Waals surface area (Å²) in [6.45, 7) is 8.26. The maximum atomic E-state index is 13.8. The summed E-state index contributed by atoms with van der Waals surface area (Å²) >= 11 is 0. The first kappa shape index (κ1) is 15.3. The van der Waals surface area contributed by atoms with Crippen molar-refractivity contribution in [3.8, 4) is 0 Å². The van der Waals surface area contributed by atoms with Gasteiger partial charge in [-0.1, -0.05) is 6.92 Å². The molecule has 1 N–H and O–H groups in total. The molecule has 1 aromatic carbocycles. The number of halogens is 1. The van der Waals surface area contributed by atoms with Crippen LogP contribution in [0.25, 0.3) is 0 Å². The average Bonchev–Trinajstić information content (AvgIpc) is 2.45. The summed E-state index contributed by atoms with van der Waals surface area (Å²) in [5, 5.41) is 3.24. The molecule has 2 rings (SSSR count). The average molecular weight is 280 g/mol. The highest BCUT2D eigenvalue weighted by molar-refractivity contribution is 5.49. The lowest BCUT2D eigenvalue weighted by Gasteiger charge is -2.34. The molecule has 1 atom stereocenters. The molecule has 0 bridgehead atoms. The van der Waals surface area contributed by atoms with Crippen LogP contribution in [-0.4, -0.2) is 32.3 Å². The molecule has 0 spiro atoms. The minimum absolute atomic E-state index is 0.158. The molecule has 1 unspecified atom stereocenters. The van der Waals surface area contributed by atoms with E-state index in [0.717, 1.165) is 50.3 Å². The van der Waals surface area contributed by atoms with Crippen LogP contribution in [0.1, 0.15) is 32.3 Å². The molecule has 1 fully saturated rings. The number of nitrogens with one attached hydrogen (secondary N) is 1. The van der Waals surface area contributed by atoms with Crippen LogP contribution in [0.2, 0.25) is 0 Å². The summed E-state index contributed by atoms with van der Waals surface area (Å²) in [5.41, 5.74) is 1.97. The summed E-state index contributed by atoms with van der Waals surface area (Å²) in [4.78, 5) is 2.24. The van der Waals surface area contributed by atoms with Gasteiger partial charge in [-0.2, -0.15) is 0 Å². The molecule has 1 aliphatic rings. The van der Waals surface area contributed by atoms with Gasteiger partial charge in [0.15, 0.2) is 0 Å². The van der Waals surface area contributed by atoms with Crippen LogP contribution < -0.4 is 10.2 Å². The third-order valence-electron chi connectivity index (χ3n) is 3.67. The van der Waals surface area contributed by atoms with E-state index in [4.69, 9.17) is 4.74 Å². The van der Waals surface area contributed by atoms with E-state index in [-0.39, 0.29) is 11.9 Å². The number of anilines is 1. The topological polar surface area (TPSA) is 24.5 Å². The number of rotatable bonds is 6. The van der Waals surface area contributed by atoms with E-state index >= 15 is 0 Å². The van der Waals surface area contributed by atoms with Crippen molar-refractivity contribution < 1.29 is 9.13 Å². The van der Waals surface area contributed by atoms with Crippen molar-refractivity contribution in [3.05, 3.63) is 29.6 Å². The Bertz CT molecular complexity index is 423. The second-order valence-corrected chi connectivity index (χ2v) is 5.26. The van der Waals surface area contributed by atoms with E-state index in [1.54, 1.807) is 12.1 Å². The van der Waals surface area contributed by atoms with Crippen molar-refractivity contribution >= 4 is 5.69 Å². The van der Waals surface area contributed by atoms with E-state index in [9.17, 15) is 4.39 Å². The van der Waals surface area contributed by atoms with E-state index < -0.39 is 0 Å². The fourth-order valence-corrected chi connectivity index (χ4v) is 2.73. The molecule has 0 radical (unpaired) electrons. The Morgan fingerprint density at radius 2 is 2.20 bits per heavy atom. The maximum Gasteiger partial charge on any atom is 0.125 e. The zero-order valence-corrected chi connectivity index (χ0v) is 12.5. The number of hydrogen-bond donors (Lipinski definition) is 1. The predicted molar refractivity (Wildman–Crippen MR) is 80.6 cm³/mol. The molecular formula is C16H25FN2O. The fourth-order valence-electron chi connectivity index (χ4n) is 2.73. The van der Waals surface area contributed by atoms with Gasteiger partial charge >= 0.3 is 0 Å². The zero-order valence-electron chi connectivity index (χ0n) is 12.5. The molecule has 0 aromatic heterocycles. The van der Waals surface area contributed by atoms with Crippen LogP contribution in [0.5, 0.6) is 0 Å². The summed E-state index contributed by atoms with van der Waals surface area (Å²) < 4.78 is 19.5. The Kier molecular flexibility index (Phi) is 5.80. The van der Waals surface area contributed by atoms with Crippen LogP contribution in [0.4, 0.5) is 10.1 Å². The van der Waals surface area contributed by atoms with Crippen LogP contribution in [0.3, 0.4) is 0 Å². The van der Waals surface area contributed by atoms with E-state index in [2.05, 4.69) is 23.2 Å². The molecule has 0 saturated carbocycles. The summed E-state index contributed by atoms with van der Waals surface area (Å²) in [7, 11) is 0. The highest BCUT2D eigenvalue weighted by Gasteiger charge is 2.20. The second-order valence-electron chi connectivity index (χ2n) is 5.26. The van der Waals surface area contributed by atoms with Gasteiger partial charge < -0.3 is 15.0 Å². The third-order valence-corrected chi connectivity index (χ3v) is 3.67. The molecule has 1 saturated heterocycles. The SMILES string of the molecule is CCNCc1cc(F)cc(N2CCCC(OCC)C2)c1. The molecule has 0 aliphatic carbocycles. The Balaban J connectivity index is 2.08. The van der Waals surface area contributed by atoms with Crippen LogP contribution in [0, 0.1) is 5.82 Å². The number of piperidine rings is 1. The lowest BCUT2D eigenvalue weighted by atomic mass is 10.1. The largest absolute Gasteiger partial charge is 0.377 e. The molecular weight excluding hydrogens is 255 g/mol. The van der Waals surface area contributed by atoms with E-state index in [0.29, 0.717) is 6.54 Å². The van der Waals surface area contributed by atoms with Gasteiger partial charge in [-0.15, -0.1) is 0 Å². The van der Waals surface area contributed by atoms with Gasteiger partial charge in [0.2, 0.25) is 0 Å². The minimum atomic E-state index is -0.158. The van der Waals surface area contributed by atoms with Crippen molar-refractivity contribution in [1.29, 1.82) is 0 Å². The molecule has 112 valence electrons. The van der Waals surface area contributed by atoms with Crippen molar-refractivity contribution in [2.45, 2.75) is 39.3 Å². The lowest BCUT2D eigenvalue weighted by Crippen LogP contribution is -2.39. The third kappa shape index (κ3) is 4.18. The van der Waals surface area contributed by atoms with Gasteiger partial charge in [0.1, 0.15) is 5.82 Å². The van der Waals surface area contributed by atoms with Crippen molar-refractivity contribution in [3.63, 3.8) is 0 Å². The van der Waals surface area contributed by atoms with E-state index in [1.807, 2.05) is 6.92 Å². The van der Waals surface area contributed by atoms with Crippen molar-refractivity contribution in [2.75, 3.05) is 31.1 Å². The van der Waals surface area contributed by atoms with Gasteiger partial charge in [-0.05, 0) is 50.1 Å². The normalized spacial score (nSPS) is 19.4. The maximum absolute atomic E-state index is 13.8. The molecule has 3 nitrogen and oxygen atoms in total. The Morgan fingerprint density at radius 3 is 2.95 bits per heavy atom. The molecule has 20 heavy (non-hydrogen) atoms. The Labute approximate surface area is 121 Å². The lowest BCUT2D eigenvalue weighted by molar-refractivity contribution is 0.0526. The second kappa shape index (κ2) is 7.60. The molecule has 1 aliphatic heterocycles. The van der Waals surface area contributed by atoms with Gasteiger partial charge in [0, 0.05) is 31.9 Å². The van der Waals surface area contributed by atoms with E-state index in [1.165, 1.54) is 0 Å². The highest BCUT2D eigenvalue weighted by atomic mass is 19.1. The minimum Gasteiger partial charge on any atom is -0.377 e. The number of hydrogen-bond acceptors (Lipinski definition) is 3. The predicted octanol–water partition coefficient (Wildman–Crippen LogP) is 2.94. The van der Waals surface area contributed by atoms with Gasteiger partial charge in [-0.25, -0.2) is 4.39 Å². The first-order valence-electron chi connectivity index (χ1n) is 7.59. The monoisotopic (exact) mass is 280 g/mol. The van der Waals surface area contributed by atoms with Gasteiger partial charge in [-0.3, -0.25) is 0 Å². The zero-order chi connectivity index (χ0) is 14.4. The van der Waals surface area contributed by atoms with Gasteiger partial charge in [0.05, 0.1) is 6.10 Å².